The first-order valence-corrected chi connectivity index (χ1v) is 9.13. The highest BCUT2D eigenvalue weighted by molar-refractivity contribution is 5.99. The lowest BCUT2D eigenvalue weighted by Crippen LogP contribution is -2.36. The molecule has 1 amide bonds. The molecule has 1 aromatic heterocycles. The molecule has 0 saturated carbocycles. The second kappa shape index (κ2) is 7.58. The molecule has 4 rings (SSSR count). The average molecular weight is 345 g/mol. The first-order valence-electron chi connectivity index (χ1n) is 9.13. The number of nitrogens with one attached hydrogen (secondary N) is 2. The number of carbonyl (C=O) groups excluding carboxylic acids is 1. The van der Waals surface area contributed by atoms with Crippen molar-refractivity contribution in [1.82, 2.24) is 15.2 Å². The molecule has 4 nitrogen and oxygen atoms in total. The summed E-state index contributed by atoms with van der Waals surface area (Å²) in [5, 5.41) is 3.57. The highest BCUT2D eigenvalue weighted by Gasteiger charge is 2.26. The molecule has 1 aliphatic rings. The topological polar surface area (TPSA) is 48.1 Å². The van der Waals surface area contributed by atoms with Gasteiger partial charge in [-0.2, -0.15) is 0 Å². The van der Waals surface area contributed by atoms with E-state index in [0.29, 0.717) is 12.2 Å². The zero-order valence-electron chi connectivity index (χ0n) is 14.7. The van der Waals surface area contributed by atoms with Gasteiger partial charge in [0.1, 0.15) is 5.69 Å². The average Bonchev–Trinajstić information content (AvgIpc) is 3.06. The van der Waals surface area contributed by atoms with Crippen LogP contribution in [0.5, 0.6) is 0 Å². The Morgan fingerprint density at radius 2 is 1.69 bits per heavy atom. The van der Waals surface area contributed by atoms with Crippen LogP contribution in [0.25, 0.3) is 11.1 Å². The maximum absolute atomic E-state index is 13.3. The molecular formula is C22H23N3O. The summed E-state index contributed by atoms with van der Waals surface area (Å²) in [5.74, 6) is 0.0680. The Hall–Kier alpha value is -2.85. The lowest BCUT2D eigenvalue weighted by Gasteiger charge is -2.25. The van der Waals surface area contributed by atoms with Crippen LogP contribution in [0, 0.1) is 0 Å². The molecule has 1 saturated heterocycles. The fraction of sp³-hybridized carbons (Fsp3) is 0.227. The van der Waals surface area contributed by atoms with Crippen molar-refractivity contribution < 1.29 is 4.79 Å². The van der Waals surface area contributed by atoms with Gasteiger partial charge >= 0.3 is 0 Å². The van der Waals surface area contributed by atoms with Gasteiger partial charge in [0.25, 0.3) is 5.91 Å². The minimum atomic E-state index is 0.0680. The van der Waals surface area contributed by atoms with Crippen LogP contribution in [-0.2, 0) is 0 Å². The molecular weight excluding hydrogens is 322 g/mol. The molecule has 1 aliphatic heterocycles. The quantitative estimate of drug-likeness (QED) is 0.757. The Bertz CT molecular complexity index is 857. The van der Waals surface area contributed by atoms with Crippen molar-refractivity contribution in [2.75, 3.05) is 19.6 Å². The highest BCUT2D eigenvalue weighted by atomic mass is 16.2. The molecule has 0 aliphatic carbocycles. The van der Waals surface area contributed by atoms with Crippen molar-refractivity contribution in [2.45, 2.75) is 12.5 Å². The summed E-state index contributed by atoms with van der Waals surface area (Å²) in [5.41, 5.74) is 3.92. The Morgan fingerprint density at radius 1 is 0.962 bits per heavy atom. The van der Waals surface area contributed by atoms with Crippen LogP contribution in [0.2, 0.25) is 0 Å². The summed E-state index contributed by atoms with van der Waals surface area (Å²) in [7, 11) is 0. The maximum atomic E-state index is 13.3. The van der Waals surface area contributed by atoms with Gasteiger partial charge in [0, 0.05) is 30.9 Å². The predicted octanol–water partition coefficient (Wildman–Crippen LogP) is 3.86. The number of aromatic nitrogens is 1. The van der Waals surface area contributed by atoms with E-state index in [9.17, 15) is 4.79 Å². The smallest absolute Gasteiger partial charge is 0.270 e. The summed E-state index contributed by atoms with van der Waals surface area (Å²) < 4.78 is 0. The van der Waals surface area contributed by atoms with Gasteiger partial charge in [0.05, 0.1) is 0 Å². The molecule has 2 aromatic carbocycles. The number of H-pyrrole nitrogens is 1. The second-order valence-corrected chi connectivity index (χ2v) is 6.65. The van der Waals surface area contributed by atoms with E-state index < -0.39 is 0 Å². The summed E-state index contributed by atoms with van der Waals surface area (Å²) in [6.07, 6.45) is 2.80. The minimum Gasteiger partial charge on any atom is -0.357 e. The molecule has 3 aromatic rings. The molecule has 4 heteroatoms. The lowest BCUT2D eigenvalue weighted by molar-refractivity contribution is 0.0748. The highest BCUT2D eigenvalue weighted by Crippen LogP contribution is 2.25. The lowest BCUT2D eigenvalue weighted by atomic mass is 10.0. The van der Waals surface area contributed by atoms with Gasteiger partial charge in [-0.25, -0.2) is 0 Å². The van der Waals surface area contributed by atoms with E-state index in [0.717, 1.165) is 30.6 Å². The van der Waals surface area contributed by atoms with Crippen LogP contribution in [0.4, 0.5) is 0 Å². The third kappa shape index (κ3) is 3.41. The fourth-order valence-corrected chi connectivity index (χ4v) is 3.58. The first kappa shape index (κ1) is 16.6. The molecule has 2 N–H and O–H groups in total. The van der Waals surface area contributed by atoms with E-state index in [1.54, 1.807) is 0 Å². The van der Waals surface area contributed by atoms with E-state index >= 15 is 0 Å². The van der Waals surface area contributed by atoms with Gasteiger partial charge in [-0.15, -0.1) is 0 Å². The van der Waals surface area contributed by atoms with E-state index in [1.807, 2.05) is 65.7 Å². The SMILES string of the molecule is O=C(c1[nH]ccc1-c1ccccc1)N1CCCNC(c2ccccc2)C1. The van der Waals surface area contributed by atoms with Gasteiger partial charge in [-0.1, -0.05) is 60.7 Å². The Morgan fingerprint density at radius 3 is 2.46 bits per heavy atom. The monoisotopic (exact) mass is 345 g/mol. The summed E-state index contributed by atoms with van der Waals surface area (Å²) in [6.45, 7) is 2.36. The van der Waals surface area contributed by atoms with Gasteiger partial charge in [-0.3, -0.25) is 4.79 Å². The third-order valence-corrected chi connectivity index (χ3v) is 4.93. The minimum absolute atomic E-state index is 0.0680. The fourth-order valence-electron chi connectivity index (χ4n) is 3.58. The number of rotatable bonds is 3. The molecule has 1 fully saturated rings. The number of aromatic amines is 1. The third-order valence-electron chi connectivity index (χ3n) is 4.93. The number of amides is 1. The Kier molecular flexibility index (Phi) is 4.84. The summed E-state index contributed by atoms with van der Waals surface area (Å²) >= 11 is 0. The van der Waals surface area contributed by atoms with Crippen molar-refractivity contribution in [2.24, 2.45) is 0 Å². The Balaban J connectivity index is 1.59. The van der Waals surface area contributed by atoms with E-state index in [4.69, 9.17) is 0 Å². The maximum Gasteiger partial charge on any atom is 0.270 e. The van der Waals surface area contributed by atoms with Crippen molar-refractivity contribution >= 4 is 5.91 Å². The van der Waals surface area contributed by atoms with Gasteiger partial charge in [0.15, 0.2) is 0 Å². The number of benzene rings is 2. The van der Waals surface area contributed by atoms with Crippen molar-refractivity contribution in [3.05, 3.63) is 84.2 Å². The van der Waals surface area contributed by atoms with Gasteiger partial charge < -0.3 is 15.2 Å². The van der Waals surface area contributed by atoms with Gasteiger partial charge in [-0.05, 0) is 30.2 Å². The number of hydrogen-bond acceptors (Lipinski definition) is 2. The van der Waals surface area contributed by atoms with E-state index in [-0.39, 0.29) is 11.9 Å². The molecule has 132 valence electrons. The molecule has 0 radical (unpaired) electrons. The Labute approximate surface area is 153 Å². The molecule has 0 spiro atoms. The number of hydrogen-bond donors (Lipinski definition) is 2. The zero-order chi connectivity index (χ0) is 17.8. The van der Waals surface area contributed by atoms with Crippen LogP contribution in [0.1, 0.15) is 28.5 Å². The van der Waals surface area contributed by atoms with Gasteiger partial charge in [0.2, 0.25) is 0 Å². The standard InChI is InChI=1S/C22H23N3O/c26-22(21-19(12-14-24-21)17-8-3-1-4-9-17)25-15-7-13-23-20(16-25)18-10-5-2-6-11-18/h1-6,8-12,14,20,23-24H,7,13,15-16H2. The largest absolute Gasteiger partial charge is 0.357 e. The first-order chi connectivity index (χ1) is 12.8. The summed E-state index contributed by atoms with van der Waals surface area (Å²) in [6, 6.07) is 22.6. The predicted molar refractivity (Wildman–Crippen MR) is 104 cm³/mol. The van der Waals surface area contributed by atoms with Crippen molar-refractivity contribution in [1.29, 1.82) is 0 Å². The van der Waals surface area contributed by atoms with Crippen LogP contribution < -0.4 is 5.32 Å². The zero-order valence-corrected chi connectivity index (χ0v) is 14.7. The normalized spacial score (nSPS) is 17.7. The van der Waals surface area contributed by atoms with Crippen molar-refractivity contribution in [3.63, 3.8) is 0 Å². The van der Waals surface area contributed by atoms with Crippen molar-refractivity contribution in [3.8, 4) is 11.1 Å². The number of carbonyl (C=O) groups is 1. The van der Waals surface area contributed by atoms with E-state index in [2.05, 4.69) is 22.4 Å². The summed E-state index contributed by atoms with van der Waals surface area (Å²) in [4.78, 5) is 18.4. The van der Waals surface area contributed by atoms with Crippen LogP contribution in [0.15, 0.2) is 72.9 Å². The van der Waals surface area contributed by atoms with Crippen LogP contribution in [0.3, 0.4) is 0 Å². The molecule has 1 atom stereocenters. The molecule has 0 bridgehead atoms. The van der Waals surface area contributed by atoms with Crippen LogP contribution in [-0.4, -0.2) is 35.4 Å². The van der Waals surface area contributed by atoms with Crippen LogP contribution >= 0.6 is 0 Å². The van der Waals surface area contributed by atoms with E-state index in [1.165, 1.54) is 5.56 Å². The second-order valence-electron chi connectivity index (χ2n) is 6.65. The molecule has 26 heavy (non-hydrogen) atoms. The molecule has 2 heterocycles. The molecule has 1 unspecified atom stereocenters. The number of nitrogens with zero attached hydrogens (tertiary/aromatic N) is 1.